The van der Waals surface area contributed by atoms with Gasteiger partial charge in [0.05, 0.1) is 5.60 Å². The van der Waals surface area contributed by atoms with Crippen LogP contribution >= 0.6 is 11.8 Å². The van der Waals surface area contributed by atoms with Crippen molar-refractivity contribution in [2.75, 3.05) is 0 Å². The first-order valence-electron chi connectivity index (χ1n) is 5.06. The first kappa shape index (κ1) is 10.1. The van der Waals surface area contributed by atoms with Gasteiger partial charge in [-0.15, -0.1) is 11.8 Å². The largest absolute Gasteiger partial charge is 0.386 e. The Morgan fingerprint density at radius 1 is 1.29 bits per heavy atom. The summed E-state index contributed by atoms with van der Waals surface area (Å²) >= 11 is 1.90. The van der Waals surface area contributed by atoms with Crippen LogP contribution < -0.4 is 0 Å². The lowest BCUT2D eigenvalue weighted by Gasteiger charge is -2.21. The van der Waals surface area contributed by atoms with Crippen LogP contribution in [-0.4, -0.2) is 10.4 Å². The molecule has 0 heterocycles. The van der Waals surface area contributed by atoms with Gasteiger partial charge in [-0.05, 0) is 38.3 Å². The zero-order valence-electron chi connectivity index (χ0n) is 8.66. The number of aliphatic hydroxyl groups is 1. The molecular weight excluding hydrogens is 192 g/mol. The molecule has 1 saturated carbocycles. The minimum Gasteiger partial charge on any atom is -0.386 e. The first-order chi connectivity index (χ1) is 6.57. The van der Waals surface area contributed by atoms with E-state index in [1.54, 1.807) is 0 Å². The van der Waals surface area contributed by atoms with Gasteiger partial charge in [0.25, 0.3) is 0 Å². The van der Waals surface area contributed by atoms with Crippen LogP contribution in [0.3, 0.4) is 0 Å². The number of hydrogen-bond donors (Lipinski definition) is 1. The summed E-state index contributed by atoms with van der Waals surface area (Å²) in [5.41, 5.74) is 0.329. The predicted octanol–water partition coefficient (Wildman–Crippen LogP) is 3.17. The SMILES string of the molecule is CC(C)(O)c1ccccc1SC1CC1. The van der Waals surface area contributed by atoms with Crippen molar-refractivity contribution in [1.82, 2.24) is 0 Å². The van der Waals surface area contributed by atoms with Crippen molar-refractivity contribution in [1.29, 1.82) is 0 Å². The van der Waals surface area contributed by atoms with Gasteiger partial charge in [0.1, 0.15) is 0 Å². The van der Waals surface area contributed by atoms with Gasteiger partial charge in [-0.2, -0.15) is 0 Å². The topological polar surface area (TPSA) is 20.2 Å². The Morgan fingerprint density at radius 3 is 2.50 bits per heavy atom. The third-order valence-electron chi connectivity index (χ3n) is 2.36. The van der Waals surface area contributed by atoms with Crippen molar-refractivity contribution < 1.29 is 5.11 Å². The molecule has 0 radical (unpaired) electrons. The summed E-state index contributed by atoms with van der Waals surface area (Å²) in [4.78, 5) is 1.24. The van der Waals surface area contributed by atoms with Crippen molar-refractivity contribution in [2.45, 2.75) is 42.4 Å². The van der Waals surface area contributed by atoms with Gasteiger partial charge < -0.3 is 5.11 Å². The number of thioether (sulfide) groups is 1. The molecule has 2 heteroatoms. The van der Waals surface area contributed by atoms with E-state index < -0.39 is 5.60 Å². The highest BCUT2D eigenvalue weighted by Gasteiger charge is 2.26. The second kappa shape index (κ2) is 3.59. The maximum atomic E-state index is 9.99. The van der Waals surface area contributed by atoms with Crippen molar-refractivity contribution in [3.05, 3.63) is 29.8 Å². The molecule has 0 aromatic heterocycles. The molecule has 2 rings (SSSR count). The molecule has 1 aromatic carbocycles. The van der Waals surface area contributed by atoms with E-state index in [9.17, 15) is 5.11 Å². The molecule has 0 saturated heterocycles. The molecule has 14 heavy (non-hydrogen) atoms. The van der Waals surface area contributed by atoms with Crippen LogP contribution in [0.5, 0.6) is 0 Å². The summed E-state index contributed by atoms with van der Waals surface area (Å²) in [5.74, 6) is 0. The van der Waals surface area contributed by atoms with E-state index in [4.69, 9.17) is 0 Å². The highest BCUT2D eigenvalue weighted by atomic mass is 32.2. The average Bonchev–Trinajstić information content (AvgIpc) is 2.87. The van der Waals surface area contributed by atoms with E-state index in [1.807, 2.05) is 43.8 Å². The molecule has 1 aromatic rings. The van der Waals surface area contributed by atoms with Gasteiger partial charge in [0.2, 0.25) is 0 Å². The third kappa shape index (κ3) is 2.31. The molecule has 0 unspecified atom stereocenters. The van der Waals surface area contributed by atoms with Crippen LogP contribution in [0.1, 0.15) is 32.3 Å². The van der Waals surface area contributed by atoms with Crippen molar-refractivity contribution in [3.8, 4) is 0 Å². The molecule has 1 aliphatic rings. The summed E-state index contributed by atoms with van der Waals surface area (Å²) in [6.07, 6.45) is 2.65. The lowest BCUT2D eigenvalue weighted by Crippen LogP contribution is -2.16. The molecule has 0 amide bonds. The molecule has 76 valence electrons. The van der Waals surface area contributed by atoms with Crippen LogP contribution in [0.15, 0.2) is 29.2 Å². The lowest BCUT2D eigenvalue weighted by molar-refractivity contribution is 0.0758. The van der Waals surface area contributed by atoms with Gasteiger partial charge in [-0.3, -0.25) is 0 Å². The molecule has 1 nitrogen and oxygen atoms in total. The summed E-state index contributed by atoms with van der Waals surface area (Å²) in [6.45, 7) is 3.69. The Bertz CT molecular complexity index is 323. The summed E-state index contributed by atoms with van der Waals surface area (Å²) in [6, 6.07) is 8.16. The Balaban J connectivity index is 2.27. The van der Waals surface area contributed by atoms with Crippen LogP contribution in [0.25, 0.3) is 0 Å². The van der Waals surface area contributed by atoms with Gasteiger partial charge in [-0.25, -0.2) is 0 Å². The van der Waals surface area contributed by atoms with E-state index in [0.717, 1.165) is 10.8 Å². The number of benzene rings is 1. The molecule has 0 bridgehead atoms. The van der Waals surface area contributed by atoms with E-state index >= 15 is 0 Å². The molecular formula is C12H16OS. The molecule has 0 aliphatic heterocycles. The van der Waals surface area contributed by atoms with Gasteiger partial charge >= 0.3 is 0 Å². The quantitative estimate of drug-likeness (QED) is 0.823. The van der Waals surface area contributed by atoms with Gasteiger partial charge in [0, 0.05) is 10.1 Å². The summed E-state index contributed by atoms with van der Waals surface area (Å²) in [5, 5.41) is 10.8. The normalized spacial score (nSPS) is 17.1. The van der Waals surface area contributed by atoms with Crippen LogP contribution in [-0.2, 0) is 5.60 Å². The highest BCUT2D eigenvalue weighted by Crippen LogP contribution is 2.42. The van der Waals surface area contributed by atoms with E-state index in [-0.39, 0.29) is 0 Å². The fraction of sp³-hybridized carbons (Fsp3) is 0.500. The Hall–Kier alpha value is -0.470. The third-order valence-corrected chi connectivity index (χ3v) is 3.78. The van der Waals surface area contributed by atoms with Crippen LogP contribution in [0, 0.1) is 0 Å². The molecule has 0 atom stereocenters. The lowest BCUT2D eigenvalue weighted by atomic mass is 9.99. The minimum atomic E-state index is -0.724. The second-order valence-corrected chi connectivity index (χ2v) is 5.71. The molecule has 1 fully saturated rings. The first-order valence-corrected chi connectivity index (χ1v) is 5.94. The molecule has 1 aliphatic carbocycles. The maximum absolute atomic E-state index is 9.99. The van der Waals surface area contributed by atoms with Crippen molar-refractivity contribution in [2.24, 2.45) is 0 Å². The zero-order chi connectivity index (χ0) is 10.2. The van der Waals surface area contributed by atoms with Crippen LogP contribution in [0.4, 0.5) is 0 Å². The Morgan fingerprint density at radius 2 is 1.93 bits per heavy atom. The maximum Gasteiger partial charge on any atom is 0.0851 e. The predicted molar refractivity (Wildman–Crippen MR) is 60.6 cm³/mol. The highest BCUT2D eigenvalue weighted by molar-refractivity contribution is 8.00. The summed E-state index contributed by atoms with van der Waals surface area (Å²) in [7, 11) is 0. The van der Waals surface area contributed by atoms with E-state index in [0.29, 0.717) is 0 Å². The fourth-order valence-corrected chi connectivity index (χ4v) is 2.77. The standard InChI is InChI=1S/C12H16OS/c1-12(2,13)10-5-3-4-6-11(10)14-9-7-8-9/h3-6,9,13H,7-8H2,1-2H3. The van der Waals surface area contributed by atoms with Crippen LogP contribution in [0.2, 0.25) is 0 Å². The smallest absolute Gasteiger partial charge is 0.0851 e. The molecule has 1 N–H and O–H groups in total. The fourth-order valence-electron chi connectivity index (χ4n) is 1.44. The number of rotatable bonds is 3. The van der Waals surface area contributed by atoms with E-state index in [2.05, 4.69) is 6.07 Å². The Kier molecular flexibility index (Phi) is 2.58. The van der Waals surface area contributed by atoms with Gasteiger partial charge in [-0.1, -0.05) is 18.2 Å². The number of hydrogen-bond acceptors (Lipinski definition) is 2. The second-order valence-electron chi connectivity index (χ2n) is 4.37. The average molecular weight is 208 g/mol. The van der Waals surface area contributed by atoms with Gasteiger partial charge in [0.15, 0.2) is 0 Å². The van der Waals surface area contributed by atoms with Crippen molar-refractivity contribution in [3.63, 3.8) is 0 Å². The Labute approximate surface area is 89.5 Å². The summed E-state index contributed by atoms with van der Waals surface area (Å²) < 4.78 is 0. The minimum absolute atomic E-state index is 0.724. The molecule has 0 spiro atoms. The van der Waals surface area contributed by atoms with Crippen molar-refractivity contribution >= 4 is 11.8 Å². The monoisotopic (exact) mass is 208 g/mol. The van der Waals surface area contributed by atoms with E-state index in [1.165, 1.54) is 17.7 Å². The zero-order valence-corrected chi connectivity index (χ0v) is 9.47.